The molecule has 0 aliphatic rings. The summed E-state index contributed by atoms with van der Waals surface area (Å²) in [5.41, 5.74) is 1.96. The molecule has 0 saturated carbocycles. The molecule has 0 fully saturated rings. The maximum atomic E-state index is 13.5. The Balaban J connectivity index is 1.86. The number of thiazole rings is 1. The molecule has 2 N–H and O–H groups in total. The molecule has 0 spiro atoms. The van der Waals surface area contributed by atoms with Crippen LogP contribution in [0.15, 0.2) is 33.0 Å². The quantitative estimate of drug-likeness (QED) is 0.590. The van der Waals surface area contributed by atoms with Crippen LogP contribution in [0.2, 0.25) is 0 Å². The van der Waals surface area contributed by atoms with E-state index in [9.17, 15) is 4.39 Å². The second kappa shape index (κ2) is 8.40. The van der Waals surface area contributed by atoms with Gasteiger partial charge in [-0.15, -0.1) is 11.3 Å². The van der Waals surface area contributed by atoms with Gasteiger partial charge in [0, 0.05) is 19.0 Å². The highest BCUT2D eigenvalue weighted by atomic mass is 79.9. The zero-order valence-corrected chi connectivity index (χ0v) is 15.8. The molecule has 4 nitrogen and oxygen atoms in total. The number of nitrogens with zero attached hydrogens (tertiary/aromatic N) is 2. The van der Waals surface area contributed by atoms with Gasteiger partial charge in [0.15, 0.2) is 5.96 Å². The monoisotopic (exact) mass is 398 g/mol. The van der Waals surface area contributed by atoms with Crippen LogP contribution in [0.3, 0.4) is 0 Å². The average Bonchev–Trinajstić information content (AvgIpc) is 3.00. The summed E-state index contributed by atoms with van der Waals surface area (Å²) >= 11 is 4.79. The second-order valence-electron chi connectivity index (χ2n) is 5.35. The molecule has 0 radical (unpaired) electrons. The first kappa shape index (κ1) is 17.9. The number of hydrogen-bond donors (Lipinski definition) is 2. The van der Waals surface area contributed by atoms with Crippen molar-refractivity contribution >= 4 is 33.2 Å². The van der Waals surface area contributed by atoms with Gasteiger partial charge < -0.3 is 10.6 Å². The van der Waals surface area contributed by atoms with Crippen LogP contribution in [0.25, 0.3) is 0 Å². The summed E-state index contributed by atoms with van der Waals surface area (Å²) in [5, 5.41) is 9.49. The highest BCUT2D eigenvalue weighted by molar-refractivity contribution is 9.10. The van der Waals surface area contributed by atoms with Gasteiger partial charge in [-0.1, -0.05) is 19.9 Å². The van der Waals surface area contributed by atoms with Gasteiger partial charge in [-0.2, -0.15) is 0 Å². The van der Waals surface area contributed by atoms with Crippen LogP contribution >= 0.6 is 27.3 Å². The van der Waals surface area contributed by atoms with Crippen molar-refractivity contribution in [2.45, 2.75) is 32.9 Å². The van der Waals surface area contributed by atoms with Gasteiger partial charge in [0.1, 0.15) is 10.8 Å². The number of benzene rings is 1. The first-order valence-electron chi connectivity index (χ1n) is 7.32. The zero-order chi connectivity index (χ0) is 16.8. The summed E-state index contributed by atoms with van der Waals surface area (Å²) in [4.78, 5) is 8.74. The standard InChI is InChI=1S/C16H20BrFN4S/c1-10(2)14-9-23-15(22-14)8-21-16(19-3)20-7-11-4-5-12(17)13(18)6-11/h4-6,9-10H,7-8H2,1-3H3,(H2,19,20,21). The summed E-state index contributed by atoms with van der Waals surface area (Å²) in [5.74, 6) is 0.829. The van der Waals surface area contributed by atoms with E-state index in [0.29, 0.717) is 29.4 Å². The molecule has 0 aliphatic heterocycles. The first-order valence-corrected chi connectivity index (χ1v) is 8.99. The third-order valence-electron chi connectivity index (χ3n) is 3.24. The minimum absolute atomic E-state index is 0.267. The molecule has 0 saturated heterocycles. The molecule has 0 unspecified atom stereocenters. The van der Waals surface area contributed by atoms with E-state index >= 15 is 0 Å². The van der Waals surface area contributed by atoms with Gasteiger partial charge in [-0.25, -0.2) is 9.37 Å². The lowest BCUT2D eigenvalue weighted by Gasteiger charge is -2.11. The molecule has 7 heteroatoms. The SMILES string of the molecule is CN=C(NCc1ccc(Br)c(F)c1)NCc1nc(C(C)C)cs1. The second-order valence-corrected chi connectivity index (χ2v) is 7.15. The van der Waals surface area contributed by atoms with Gasteiger partial charge >= 0.3 is 0 Å². The molecule has 0 atom stereocenters. The van der Waals surface area contributed by atoms with E-state index in [1.54, 1.807) is 24.5 Å². The Labute approximate surface area is 148 Å². The Kier molecular flexibility index (Phi) is 6.53. The molecular formula is C16H20BrFN4S. The molecule has 1 aromatic carbocycles. The van der Waals surface area contributed by atoms with Crippen LogP contribution in [0.5, 0.6) is 0 Å². The van der Waals surface area contributed by atoms with Crippen LogP contribution in [-0.2, 0) is 13.1 Å². The number of aromatic nitrogens is 1. The Bertz CT molecular complexity index is 684. The summed E-state index contributed by atoms with van der Waals surface area (Å²) in [6, 6.07) is 5.06. The average molecular weight is 399 g/mol. The smallest absolute Gasteiger partial charge is 0.191 e. The number of nitrogens with one attached hydrogen (secondary N) is 2. The van der Waals surface area contributed by atoms with Gasteiger partial charge in [0.05, 0.1) is 16.7 Å². The fraction of sp³-hybridized carbons (Fsp3) is 0.375. The number of halogens is 2. The molecule has 0 bridgehead atoms. The van der Waals surface area contributed by atoms with Gasteiger partial charge in [-0.05, 0) is 39.5 Å². The van der Waals surface area contributed by atoms with Crippen molar-refractivity contribution in [3.05, 3.63) is 50.1 Å². The maximum absolute atomic E-state index is 13.5. The van der Waals surface area contributed by atoms with Crippen LogP contribution in [0, 0.1) is 5.82 Å². The Morgan fingerprint density at radius 3 is 2.70 bits per heavy atom. The van der Waals surface area contributed by atoms with Crippen molar-refractivity contribution in [1.29, 1.82) is 0 Å². The van der Waals surface area contributed by atoms with E-state index in [0.717, 1.165) is 16.3 Å². The van der Waals surface area contributed by atoms with Crippen LogP contribution in [-0.4, -0.2) is 18.0 Å². The number of aliphatic imine (C=N–C) groups is 1. The zero-order valence-electron chi connectivity index (χ0n) is 13.4. The molecule has 2 aromatic rings. The van der Waals surface area contributed by atoms with Crippen molar-refractivity contribution in [2.24, 2.45) is 4.99 Å². The van der Waals surface area contributed by atoms with Crippen molar-refractivity contribution in [2.75, 3.05) is 7.05 Å². The lowest BCUT2D eigenvalue weighted by Crippen LogP contribution is -2.36. The molecule has 0 aliphatic carbocycles. The van der Waals surface area contributed by atoms with Crippen molar-refractivity contribution < 1.29 is 4.39 Å². The summed E-state index contributed by atoms with van der Waals surface area (Å²) in [6.07, 6.45) is 0. The van der Waals surface area contributed by atoms with E-state index in [2.05, 4.69) is 55.8 Å². The van der Waals surface area contributed by atoms with Crippen molar-refractivity contribution in [3.63, 3.8) is 0 Å². The maximum Gasteiger partial charge on any atom is 0.191 e. The number of hydrogen-bond acceptors (Lipinski definition) is 3. The molecule has 1 aromatic heterocycles. The van der Waals surface area contributed by atoms with E-state index in [1.807, 2.05) is 6.07 Å². The number of guanidine groups is 1. The number of rotatable bonds is 5. The van der Waals surface area contributed by atoms with Crippen LogP contribution in [0.1, 0.15) is 36.0 Å². The van der Waals surface area contributed by atoms with Gasteiger partial charge in [0.2, 0.25) is 0 Å². The Morgan fingerprint density at radius 2 is 2.09 bits per heavy atom. The highest BCUT2D eigenvalue weighted by Gasteiger charge is 2.07. The third-order valence-corrected chi connectivity index (χ3v) is 4.75. The van der Waals surface area contributed by atoms with Crippen LogP contribution in [0.4, 0.5) is 4.39 Å². The topological polar surface area (TPSA) is 49.3 Å². The summed E-state index contributed by atoms with van der Waals surface area (Å²) in [6.45, 7) is 5.37. The minimum atomic E-state index is -0.267. The lowest BCUT2D eigenvalue weighted by atomic mass is 10.2. The minimum Gasteiger partial charge on any atom is -0.352 e. The fourth-order valence-corrected chi connectivity index (χ4v) is 3.03. The molecule has 0 amide bonds. The predicted octanol–water partition coefficient (Wildman–Crippen LogP) is 4.03. The largest absolute Gasteiger partial charge is 0.352 e. The predicted molar refractivity (Wildman–Crippen MR) is 97.3 cm³/mol. The van der Waals surface area contributed by atoms with E-state index in [-0.39, 0.29) is 5.82 Å². The summed E-state index contributed by atoms with van der Waals surface area (Å²) < 4.78 is 14.0. The van der Waals surface area contributed by atoms with Gasteiger partial charge in [-0.3, -0.25) is 4.99 Å². The van der Waals surface area contributed by atoms with E-state index < -0.39 is 0 Å². The summed E-state index contributed by atoms with van der Waals surface area (Å²) in [7, 11) is 1.71. The first-order chi connectivity index (χ1) is 11.0. The van der Waals surface area contributed by atoms with E-state index in [4.69, 9.17) is 0 Å². The fourth-order valence-electron chi connectivity index (χ4n) is 1.89. The van der Waals surface area contributed by atoms with Crippen LogP contribution < -0.4 is 10.6 Å². The van der Waals surface area contributed by atoms with Crippen molar-refractivity contribution in [1.82, 2.24) is 15.6 Å². The Hall–Kier alpha value is -1.47. The lowest BCUT2D eigenvalue weighted by molar-refractivity contribution is 0.617. The van der Waals surface area contributed by atoms with Gasteiger partial charge in [0.25, 0.3) is 0 Å². The third kappa shape index (κ3) is 5.28. The molecular weight excluding hydrogens is 379 g/mol. The normalized spacial score (nSPS) is 11.8. The Morgan fingerprint density at radius 1 is 1.35 bits per heavy atom. The molecule has 2 rings (SSSR count). The molecule has 23 heavy (non-hydrogen) atoms. The highest BCUT2D eigenvalue weighted by Crippen LogP contribution is 2.18. The molecule has 1 heterocycles. The van der Waals surface area contributed by atoms with Crippen molar-refractivity contribution in [3.8, 4) is 0 Å². The van der Waals surface area contributed by atoms with E-state index in [1.165, 1.54) is 6.07 Å². The molecule has 124 valence electrons.